The van der Waals surface area contributed by atoms with Crippen LogP contribution in [0.2, 0.25) is 0 Å². The second-order valence-corrected chi connectivity index (χ2v) is 4.74. The minimum absolute atomic E-state index is 0.173. The summed E-state index contributed by atoms with van der Waals surface area (Å²) in [5.41, 5.74) is 7.85. The molecule has 2 nitrogen and oxygen atoms in total. The first kappa shape index (κ1) is 11.3. The summed E-state index contributed by atoms with van der Waals surface area (Å²) in [6.07, 6.45) is 3.94. The fraction of sp³-hybridized carbons (Fsp3) is 0.500. The molecule has 0 aromatic heterocycles. The molecule has 2 N–H and O–H groups in total. The van der Waals surface area contributed by atoms with Crippen molar-refractivity contribution < 1.29 is 4.79 Å². The van der Waals surface area contributed by atoms with E-state index in [2.05, 4.69) is 19.1 Å². The van der Waals surface area contributed by atoms with E-state index in [-0.39, 0.29) is 17.7 Å². The van der Waals surface area contributed by atoms with Crippen molar-refractivity contribution in [2.24, 2.45) is 11.7 Å². The predicted octanol–water partition coefficient (Wildman–Crippen LogP) is 2.56. The second kappa shape index (κ2) is 4.79. The highest BCUT2D eigenvalue weighted by atomic mass is 16.1. The van der Waals surface area contributed by atoms with Crippen molar-refractivity contribution in [1.82, 2.24) is 0 Å². The van der Waals surface area contributed by atoms with Gasteiger partial charge in [0.2, 0.25) is 0 Å². The molecule has 0 radical (unpaired) electrons. The van der Waals surface area contributed by atoms with E-state index in [0.29, 0.717) is 0 Å². The van der Waals surface area contributed by atoms with Gasteiger partial charge in [-0.3, -0.25) is 4.79 Å². The van der Waals surface area contributed by atoms with Gasteiger partial charge in [0.15, 0.2) is 5.78 Å². The molecule has 0 unspecified atom stereocenters. The van der Waals surface area contributed by atoms with Crippen LogP contribution in [0.15, 0.2) is 24.3 Å². The number of carbonyl (C=O) groups excluding carboxylic acids is 1. The normalized spacial score (nSPS) is 23.9. The number of nitrogens with two attached hydrogens (primary N) is 1. The van der Waals surface area contributed by atoms with Gasteiger partial charge in [-0.15, -0.1) is 0 Å². The van der Waals surface area contributed by atoms with Gasteiger partial charge in [0.1, 0.15) is 0 Å². The number of aryl methyl sites for hydroxylation is 1. The Kier molecular flexibility index (Phi) is 3.39. The average molecular weight is 217 g/mol. The molecule has 86 valence electrons. The Morgan fingerprint density at radius 2 is 1.94 bits per heavy atom. The minimum atomic E-state index is 0.173. The smallest absolute Gasteiger partial charge is 0.166 e. The van der Waals surface area contributed by atoms with E-state index in [4.69, 9.17) is 5.73 Å². The van der Waals surface area contributed by atoms with Crippen molar-refractivity contribution in [2.45, 2.75) is 38.6 Å². The molecule has 1 fully saturated rings. The molecule has 2 heteroatoms. The van der Waals surface area contributed by atoms with Crippen LogP contribution in [0, 0.1) is 5.92 Å². The van der Waals surface area contributed by atoms with Gasteiger partial charge in [-0.1, -0.05) is 37.6 Å². The Morgan fingerprint density at radius 3 is 2.44 bits per heavy atom. The summed E-state index contributed by atoms with van der Waals surface area (Å²) in [5.74, 6) is 0.441. The lowest BCUT2D eigenvalue weighted by atomic mass is 9.76. The molecular formula is C14H19NO. The monoisotopic (exact) mass is 217 g/mol. The maximum atomic E-state index is 12.0. The zero-order valence-corrected chi connectivity index (χ0v) is 9.78. The molecule has 1 aromatic carbocycles. The zero-order valence-electron chi connectivity index (χ0n) is 9.78. The molecule has 1 aliphatic rings. The van der Waals surface area contributed by atoms with E-state index < -0.39 is 0 Å². The maximum absolute atomic E-state index is 12.0. The van der Waals surface area contributed by atoms with Gasteiger partial charge >= 0.3 is 0 Å². The lowest BCUT2D eigenvalue weighted by Gasteiger charge is -2.31. The van der Waals surface area contributed by atoms with Crippen LogP contribution < -0.4 is 5.73 Å². The Balaban J connectivity index is 2.01. The first-order chi connectivity index (χ1) is 7.70. The van der Waals surface area contributed by atoms with E-state index in [1.807, 2.05) is 12.1 Å². The van der Waals surface area contributed by atoms with Crippen molar-refractivity contribution >= 4 is 5.78 Å². The van der Waals surface area contributed by atoms with Gasteiger partial charge < -0.3 is 5.73 Å². The zero-order chi connectivity index (χ0) is 11.5. The van der Waals surface area contributed by atoms with Gasteiger partial charge in [-0.25, -0.2) is 0 Å². The highest BCUT2D eigenvalue weighted by Gasteiger charge is 2.32. The summed E-state index contributed by atoms with van der Waals surface area (Å²) >= 11 is 0. The Bertz CT molecular complexity index is 363. The van der Waals surface area contributed by atoms with Crippen molar-refractivity contribution in [3.63, 3.8) is 0 Å². The predicted molar refractivity (Wildman–Crippen MR) is 65.5 cm³/mol. The molecule has 16 heavy (non-hydrogen) atoms. The van der Waals surface area contributed by atoms with Crippen LogP contribution >= 0.6 is 0 Å². The van der Waals surface area contributed by atoms with Gasteiger partial charge in [0.05, 0.1) is 0 Å². The number of ketones is 1. The van der Waals surface area contributed by atoms with Crippen LogP contribution in [0.5, 0.6) is 0 Å². The van der Waals surface area contributed by atoms with Gasteiger partial charge in [0.25, 0.3) is 0 Å². The largest absolute Gasteiger partial charge is 0.328 e. The van der Waals surface area contributed by atoms with Gasteiger partial charge in [0, 0.05) is 17.5 Å². The number of hydrogen-bond acceptors (Lipinski definition) is 2. The maximum Gasteiger partial charge on any atom is 0.166 e. The number of hydrogen-bond donors (Lipinski definition) is 1. The van der Waals surface area contributed by atoms with Gasteiger partial charge in [-0.05, 0) is 24.8 Å². The standard InChI is InChI=1S/C14H19NO/c1-2-3-10-4-6-11(7-5-10)14(16)12-8-13(15)9-12/h4-7,12-13H,2-3,8-9,15H2,1H3. The third-order valence-corrected chi connectivity index (χ3v) is 3.32. The summed E-state index contributed by atoms with van der Waals surface area (Å²) in [5, 5.41) is 0. The third kappa shape index (κ3) is 2.33. The quantitative estimate of drug-likeness (QED) is 0.788. The molecule has 2 rings (SSSR count). The number of rotatable bonds is 4. The lowest BCUT2D eigenvalue weighted by molar-refractivity contribution is 0.0832. The molecule has 1 saturated carbocycles. The highest BCUT2D eigenvalue weighted by Crippen LogP contribution is 2.29. The molecule has 1 aromatic rings. The van der Waals surface area contributed by atoms with Crippen LogP contribution in [0.1, 0.15) is 42.1 Å². The number of benzene rings is 1. The SMILES string of the molecule is CCCc1ccc(C(=O)C2CC(N)C2)cc1. The lowest BCUT2D eigenvalue weighted by Crippen LogP contribution is -2.40. The Hall–Kier alpha value is -1.15. The molecule has 0 amide bonds. The first-order valence-electron chi connectivity index (χ1n) is 6.09. The fourth-order valence-corrected chi connectivity index (χ4v) is 2.24. The van der Waals surface area contributed by atoms with Crippen molar-refractivity contribution in [3.8, 4) is 0 Å². The molecule has 0 spiro atoms. The number of Topliss-reactive ketones (excluding diaryl/α,β-unsaturated/α-hetero) is 1. The molecule has 0 atom stereocenters. The fourth-order valence-electron chi connectivity index (χ4n) is 2.24. The minimum Gasteiger partial charge on any atom is -0.328 e. The van der Waals surface area contributed by atoms with Crippen LogP contribution in [-0.4, -0.2) is 11.8 Å². The Morgan fingerprint density at radius 1 is 1.31 bits per heavy atom. The van der Waals surface area contributed by atoms with Crippen molar-refractivity contribution in [3.05, 3.63) is 35.4 Å². The molecule has 0 aliphatic heterocycles. The molecule has 0 bridgehead atoms. The number of carbonyl (C=O) groups is 1. The molecular weight excluding hydrogens is 198 g/mol. The summed E-state index contributed by atoms with van der Waals surface area (Å²) in [4.78, 5) is 12.0. The van der Waals surface area contributed by atoms with E-state index in [9.17, 15) is 4.79 Å². The van der Waals surface area contributed by atoms with E-state index in [1.165, 1.54) is 5.56 Å². The summed E-state index contributed by atoms with van der Waals surface area (Å²) in [6, 6.07) is 8.28. The van der Waals surface area contributed by atoms with Gasteiger partial charge in [-0.2, -0.15) is 0 Å². The summed E-state index contributed by atoms with van der Waals surface area (Å²) in [7, 11) is 0. The molecule has 0 saturated heterocycles. The van der Waals surface area contributed by atoms with Crippen LogP contribution in [0.3, 0.4) is 0 Å². The van der Waals surface area contributed by atoms with Crippen molar-refractivity contribution in [1.29, 1.82) is 0 Å². The first-order valence-corrected chi connectivity index (χ1v) is 6.09. The summed E-state index contributed by atoms with van der Waals surface area (Å²) < 4.78 is 0. The second-order valence-electron chi connectivity index (χ2n) is 4.74. The molecule has 1 aliphatic carbocycles. The highest BCUT2D eigenvalue weighted by molar-refractivity contribution is 5.98. The van der Waals surface area contributed by atoms with E-state index in [1.54, 1.807) is 0 Å². The van der Waals surface area contributed by atoms with Crippen LogP contribution in [-0.2, 0) is 6.42 Å². The van der Waals surface area contributed by atoms with E-state index >= 15 is 0 Å². The van der Waals surface area contributed by atoms with E-state index in [0.717, 1.165) is 31.2 Å². The van der Waals surface area contributed by atoms with Crippen molar-refractivity contribution in [2.75, 3.05) is 0 Å². The average Bonchev–Trinajstić information content (AvgIpc) is 2.25. The van der Waals surface area contributed by atoms with Crippen LogP contribution in [0.4, 0.5) is 0 Å². The molecule has 0 heterocycles. The topological polar surface area (TPSA) is 43.1 Å². The Labute approximate surface area is 96.8 Å². The third-order valence-electron chi connectivity index (χ3n) is 3.32. The van der Waals surface area contributed by atoms with Crippen LogP contribution in [0.25, 0.3) is 0 Å². The summed E-state index contributed by atoms with van der Waals surface area (Å²) in [6.45, 7) is 2.16.